The molecule has 0 amide bonds. The van der Waals surface area contributed by atoms with Gasteiger partial charge >= 0.3 is 0 Å². The lowest BCUT2D eigenvalue weighted by molar-refractivity contribution is 0.465. The number of hydrogen-bond donors (Lipinski definition) is 4. The van der Waals surface area contributed by atoms with Crippen LogP contribution in [0.1, 0.15) is 0 Å². The van der Waals surface area contributed by atoms with E-state index in [9.17, 15) is 51.9 Å². The van der Waals surface area contributed by atoms with Crippen molar-refractivity contribution >= 4 is 51.2 Å². The highest BCUT2D eigenvalue weighted by molar-refractivity contribution is 7.89. The first-order chi connectivity index (χ1) is 11.5. The summed E-state index contributed by atoms with van der Waals surface area (Å²) in [5.41, 5.74) is 0. The van der Waals surface area contributed by atoms with Crippen LogP contribution in [-0.4, -0.2) is 51.9 Å². The van der Waals surface area contributed by atoms with E-state index in [1.54, 1.807) is 0 Å². The Morgan fingerprint density at radius 1 is 0.577 bits per heavy atom. The van der Waals surface area contributed by atoms with Crippen molar-refractivity contribution in [1.29, 1.82) is 0 Å². The molecule has 0 saturated carbocycles. The van der Waals surface area contributed by atoms with Crippen molar-refractivity contribution in [3.8, 4) is 0 Å². The van der Waals surface area contributed by atoms with Crippen LogP contribution in [0.25, 0.3) is 10.8 Å². The first kappa shape index (κ1) is 20.6. The maximum atomic E-state index is 11.6. The summed E-state index contributed by atoms with van der Waals surface area (Å²) < 4.78 is 129. The fraction of sp³-hybridized carbons (Fsp3) is 0. The van der Waals surface area contributed by atoms with E-state index in [1.165, 1.54) is 0 Å². The normalized spacial score (nSPS) is 13.8. The molecule has 0 aromatic heterocycles. The Labute approximate surface area is 147 Å². The quantitative estimate of drug-likeness (QED) is 0.448. The summed E-state index contributed by atoms with van der Waals surface area (Å²) in [7, 11) is -21.7. The molecule has 12 nitrogen and oxygen atoms in total. The van der Waals surface area contributed by atoms with Crippen molar-refractivity contribution in [2.75, 3.05) is 0 Å². The molecular weight excluding hydrogens is 440 g/mol. The Bertz CT molecular complexity index is 1320. The molecule has 0 radical (unpaired) electrons. The van der Waals surface area contributed by atoms with Gasteiger partial charge in [-0.3, -0.25) is 18.2 Å². The van der Waals surface area contributed by atoms with Crippen LogP contribution in [-0.2, 0) is 40.5 Å². The Kier molecular flexibility index (Phi) is 4.71. The lowest BCUT2D eigenvalue weighted by Gasteiger charge is -2.14. The van der Waals surface area contributed by atoms with Crippen molar-refractivity contribution in [3.63, 3.8) is 0 Å². The molecule has 0 unspecified atom stereocenters. The van der Waals surface area contributed by atoms with E-state index in [1.807, 2.05) is 0 Å². The molecule has 2 aromatic carbocycles. The summed E-state index contributed by atoms with van der Waals surface area (Å²) in [4.78, 5) is -6.01. The maximum Gasteiger partial charge on any atom is 0.296 e. The molecule has 2 aromatic rings. The van der Waals surface area contributed by atoms with Gasteiger partial charge in [-0.1, -0.05) is 12.1 Å². The molecule has 0 aliphatic heterocycles. The largest absolute Gasteiger partial charge is 0.296 e. The lowest BCUT2D eigenvalue weighted by atomic mass is 10.1. The average Bonchev–Trinajstić information content (AvgIpc) is 2.40. The van der Waals surface area contributed by atoms with Crippen LogP contribution < -0.4 is 0 Å². The summed E-state index contributed by atoms with van der Waals surface area (Å²) in [6.45, 7) is 0. The van der Waals surface area contributed by atoms with Crippen LogP contribution in [0.15, 0.2) is 43.8 Å². The number of hydrogen-bond acceptors (Lipinski definition) is 8. The van der Waals surface area contributed by atoms with Crippen molar-refractivity contribution < 1.29 is 51.9 Å². The minimum atomic E-state index is -5.58. The zero-order valence-corrected chi connectivity index (χ0v) is 15.3. The summed E-state index contributed by atoms with van der Waals surface area (Å²) in [6.07, 6.45) is 0. The van der Waals surface area contributed by atoms with E-state index in [4.69, 9.17) is 0 Å². The third kappa shape index (κ3) is 3.71. The zero-order chi connectivity index (χ0) is 20.3. The topological polar surface area (TPSA) is 217 Å². The molecule has 16 heteroatoms. The van der Waals surface area contributed by atoms with Crippen LogP contribution in [0.3, 0.4) is 0 Å². The number of rotatable bonds is 4. The second-order valence-corrected chi connectivity index (χ2v) is 10.3. The van der Waals surface area contributed by atoms with E-state index >= 15 is 0 Å². The number of benzene rings is 2. The molecule has 0 saturated heterocycles. The summed E-state index contributed by atoms with van der Waals surface area (Å²) in [5, 5.41) is -2.12. The zero-order valence-electron chi connectivity index (χ0n) is 12.0. The second-order valence-electron chi connectivity index (χ2n) is 4.78. The highest BCUT2D eigenvalue weighted by atomic mass is 32.2. The van der Waals surface area contributed by atoms with Gasteiger partial charge < -0.3 is 0 Å². The molecule has 0 spiro atoms. The van der Waals surface area contributed by atoms with E-state index in [2.05, 4.69) is 0 Å². The van der Waals surface area contributed by atoms with Crippen molar-refractivity contribution in [2.24, 2.45) is 0 Å². The van der Waals surface area contributed by atoms with Crippen LogP contribution >= 0.6 is 0 Å². The van der Waals surface area contributed by atoms with Crippen molar-refractivity contribution in [3.05, 3.63) is 24.3 Å². The molecule has 0 aliphatic rings. The van der Waals surface area contributed by atoms with Gasteiger partial charge in [0, 0.05) is 10.8 Å². The smallest absolute Gasteiger partial charge is 0.282 e. The Morgan fingerprint density at radius 2 is 1.04 bits per heavy atom. The van der Waals surface area contributed by atoms with Gasteiger partial charge in [0.25, 0.3) is 40.5 Å². The summed E-state index contributed by atoms with van der Waals surface area (Å²) in [5.74, 6) is 0. The van der Waals surface area contributed by atoms with E-state index in [0.29, 0.717) is 6.07 Å². The predicted molar refractivity (Wildman–Crippen MR) is 83.2 cm³/mol. The van der Waals surface area contributed by atoms with Crippen LogP contribution in [0, 0.1) is 0 Å². The van der Waals surface area contributed by atoms with E-state index in [-0.39, 0.29) is 6.07 Å². The Morgan fingerprint density at radius 3 is 1.42 bits per heavy atom. The van der Waals surface area contributed by atoms with E-state index < -0.39 is 70.8 Å². The van der Waals surface area contributed by atoms with Crippen LogP contribution in [0.5, 0.6) is 0 Å². The fourth-order valence-electron chi connectivity index (χ4n) is 2.23. The Balaban J connectivity index is 3.49. The van der Waals surface area contributed by atoms with Gasteiger partial charge in [0.05, 0.1) is 0 Å². The SMILES string of the molecule is O=S(=O)(O)c1cc(S(=O)(=O)O)c2cccc(S(=O)(=O)O)c2c1S(=O)(=O)O. The van der Waals surface area contributed by atoms with Crippen LogP contribution in [0.2, 0.25) is 0 Å². The molecule has 0 fully saturated rings. The second kappa shape index (κ2) is 5.92. The highest BCUT2D eigenvalue weighted by Crippen LogP contribution is 2.38. The molecule has 2 rings (SSSR count). The van der Waals surface area contributed by atoms with Gasteiger partial charge in [0.2, 0.25) is 0 Å². The minimum absolute atomic E-state index is 0.0177. The third-order valence-electron chi connectivity index (χ3n) is 3.10. The van der Waals surface area contributed by atoms with Crippen LogP contribution in [0.4, 0.5) is 0 Å². The molecule has 26 heavy (non-hydrogen) atoms. The molecule has 0 atom stereocenters. The van der Waals surface area contributed by atoms with Gasteiger partial charge in [-0.15, -0.1) is 0 Å². The summed E-state index contributed by atoms with van der Waals surface area (Å²) >= 11 is 0. The third-order valence-corrected chi connectivity index (χ3v) is 6.83. The standard InChI is InChI=1S/C10H8O12S4/c11-23(12,13)6-3-1-2-5-7(24(14,15)16)4-8(25(17,18)19)10(9(5)6)26(20,21)22/h1-4H,(H,11,12,13)(H,14,15,16)(H,17,18,19)(H,20,21,22). The maximum absolute atomic E-state index is 11.6. The molecule has 0 heterocycles. The van der Waals surface area contributed by atoms with Gasteiger partial charge in [-0.25, -0.2) is 0 Å². The first-order valence-electron chi connectivity index (χ1n) is 5.95. The molecule has 0 bridgehead atoms. The predicted octanol–water partition coefficient (Wildman–Crippen LogP) is -0.173. The highest BCUT2D eigenvalue weighted by Gasteiger charge is 2.34. The number of fused-ring (bicyclic) bond motifs is 1. The van der Waals surface area contributed by atoms with Gasteiger partial charge in [-0.2, -0.15) is 33.7 Å². The van der Waals surface area contributed by atoms with Gasteiger partial charge in [0.1, 0.15) is 19.6 Å². The fourth-order valence-corrected chi connectivity index (χ4v) is 5.83. The van der Waals surface area contributed by atoms with E-state index in [0.717, 1.165) is 12.1 Å². The van der Waals surface area contributed by atoms with Gasteiger partial charge in [-0.05, 0) is 12.1 Å². The molecule has 144 valence electrons. The monoisotopic (exact) mass is 448 g/mol. The lowest BCUT2D eigenvalue weighted by Crippen LogP contribution is -2.14. The van der Waals surface area contributed by atoms with Crippen molar-refractivity contribution in [2.45, 2.75) is 19.6 Å². The molecule has 0 aliphatic carbocycles. The average molecular weight is 448 g/mol. The molecular formula is C10H8O12S4. The molecule has 4 N–H and O–H groups in total. The first-order valence-corrected chi connectivity index (χ1v) is 11.7. The summed E-state index contributed by atoms with van der Waals surface area (Å²) in [6, 6.07) is 2.22. The van der Waals surface area contributed by atoms with Gasteiger partial charge in [0.15, 0.2) is 0 Å². The van der Waals surface area contributed by atoms with Crippen molar-refractivity contribution in [1.82, 2.24) is 0 Å². The Hall–Kier alpha value is -1.66. The minimum Gasteiger partial charge on any atom is -0.282 e.